The number of ether oxygens (including phenoxy) is 1. The van der Waals surface area contributed by atoms with Gasteiger partial charge >= 0.3 is 6.09 Å². The van der Waals surface area contributed by atoms with Crippen LogP contribution in [0.25, 0.3) is 28.2 Å². The van der Waals surface area contributed by atoms with Gasteiger partial charge in [0.15, 0.2) is 0 Å². The van der Waals surface area contributed by atoms with Crippen molar-refractivity contribution in [2.45, 2.75) is 20.8 Å². The van der Waals surface area contributed by atoms with Crippen LogP contribution in [0.4, 0.5) is 10.5 Å². The number of carbonyl (C=O) groups is 1. The minimum atomic E-state index is -0.586. The number of aryl methyl sites for hydroxylation is 2. The number of pyridine rings is 1. The Morgan fingerprint density at radius 2 is 1.53 bits per heavy atom. The second kappa shape index (κ2) is 9.84. The summed E-state index contributed by atoms with van der Waals surface area (Å²) < 4.78 is 7.26. The largest absolute Gasteiger partial charge is 0.417 e. The molecule has 3 aromatic carbocycles. The van der Waals surface area contributed by atoms with E-state index in [1.807, 2.05) is 99.6 Å². The summed E-state index contributed by atoms with van der Waals surface area (Å²) in [7, 11) is 0. The molecule has 36 heavy (non-hydrogen) atoms. The molecule has 0 aliphatic rings. The number of nitrogens with zero attached hydrogens (tertiary/aromatic N) is 4. The van der Waals surface area contributed by atoms with Crippen molar-refractivity contribution in [1.82, 2.24) is 20.0 Å². The minimum Gasteiger partial charge on any atom is -0.410 e. The first-order valence-electron chi connectivity index (χ1n) is 11.6. The maximum absolute atomic E-state index is 12.7. The summed E-state index contributed by atoms with van der Waals surface area (Å²) in [5.41, 5.74) is 7.28. The molecule has 2 aromatic heterocycles. The van der Waals surface area contributed by atoms with Crippen LogP contribution in [0, 0.1) is 20.8 Å². The minimum absolute atomic E-state index is 0.460. The highest BCUT2D eigenvalue weighted by atomic mass is 16.6. The molecule has 0 saturated carbocycles. The Kier molecular flexibility index (Phi) is 6.28. The van der Waals surface area contributed by atoms with Gasteiger partial charge in [-0.1, -0.05) is 71.4 Å². The van der Waals surface area contributed by atoms with Gasteiger partial charge in [-0.15, -0.1) is 5.10 Å². The number of hydrogen-bond donors (Lipinski definition) is 1. The first-order valence-corrected chi connectivity index (χ1v) is 11.6. The molecule has 0 saturated heterocycles. The monoisotopic (exact) mass is 475 g/mol. The fourth-order valence-corrected chi connectivity index (χ4v) is 4.02. The van der Waals surface area contributed by atoms with Crippen LogP contribution < -0.4 is 10.1 Å². The molecule has 7 heteroatoms. The molecule has 5 aromatic rings. The Labute approximate surface area is 209 Å². The normalized spacial score (nSPS) is 10.8. The molecule has 1 amide bonds. The van der Waals surface area contributed by atoms with Crippen LogP contribution in [0.3, 0.4) is 0 Å². The van der Waals surface area contributed by atoms with Gasteiger partial charge in [0.25, 0.3) is 0 Å². The van der Waals surface area contributed by atoms with E-state index >= 15 is 0 Å². The first-order chi connectivity index (χ1) is 17.5. The summed E-state index contributed by atoms with van der Waals surface area (Å²) in [6.45, 7) is 5.87. The van der Waals surface area contributed by atoms with Gasteiger partial charge < -0.3 is 4.74 Å². The van der Waals surface area contributed by atoms with Gasteiger partial charge in [0, 0.05) is 5.56 Å². The smallest absolute Gasteiger partial charge is 0.410 e. The Morgan fingerprint density at radius 3 is 2.22 bits per heavy atom. The molecule has 0 aliphatic carbocycles. The highest BCUT2D eigenvalue weighted by Gasteiger charge is 2.20. The van der Waals surface area contributed by atoms with Crippen molar-refractivity contribution in [1.29, 1.82) is 0 Å². The Bertz CT molecular complexity index is 1510. The number of para-hydroxylation sites is 1. The molecule has 1 N–H and O–H groups in total. The molecule has 0 fully saturated rings. The van der Waals surface area contributed by atoms with Crippen LogP contribution in [0.2, 0.25) is 0 Å². The second-order valence-electron chi connectivity index (χ2n) is 8.48. The van der Waals surface area contributed by atoms with E-state index in [0.717, 1.165) is 22.5 Å². The van der Waals surface area contributed by atoms with Crippen LogP contribution in [-0.2, 0) is 0 Å². The molecular formula is C29H25N5O2. The van der Waals surface area contributed by atoms with Crippen molar-refractivity contribution in [3.05, 3.63) is 108 Å². The predicted molar refractivity (Wildman–Crippen MR) is 140 cm³/mol. The quantitative estimate of drug-likeness (QED) is 0.312. The lowest BCUT2D eigenvalue weighted by Crippen LogP contribution is -2.18. The fraction of sp³-hybridized carbons (Fsp3) is 0.103. The molecule has 5 rings (SSSR count). The molecule has 2 heterocycles. The molecular weight excluding hydrogens is 450 g/mol. The van der Waals surface area contributed by atoms with Crippen LogP contribution >= 0.6 is 0 Å². The third kappa shape index (κ3) is 4.72. The standard InChI is InChI=1S/C29H25N5O2/c1-19-14-16-23(17-15-19)34-21(3)28(32-33-34)26-18-25(22-10-6-4-7-11-22)27(20(2)30-26)31-29(35)36-24-12-8-5-9-13-24/h4-18H,1-3H3,(H,31,35). The molecule has 0 radical (unpaired) electrons. The predicted octanol–water partition coefficient (Wildman–Crippen LogP) is 6.53. The van der Waals surface area contributed by atoms with E-state index in [2.05, 4.69) is 15.6 Å². The zero-order valence-corrected chi connectivity index (χ0v) is 20.3. The maximum Gasteiger partial charge on any atom is 0.417 e. The van der Waals surface area contributed by atoms with Gasteiger partial charge in [0.05, 0.1) is 28.5 Å². The van der Waals surface area contributed by atoms with E-state index in [9.17, 15) is 4.79 Å². The number of hydrogen-bond acceptors (Lipinski definition) is 5. The van der Waals surface area contributed by atoms with Crippen molar-refractivity contribution in [2.75, 3.05) is 5.32 Å². The number of nitrogens with one attached hydrogen (secondary N) is 1. The number of carbonyl (C=O) groups excluding carboxylic acids is 1. The van der Waals surface area contributed by atoms with Crippen LogP contribution in [-0.4, -0.2) is 26.1 Å². The lowest BCUT2D eigenvalue weighted by molar-refractivity contribution is 0.215. The van der Waals surface area contributed by atoms with Crippen molar-refractivity contribution in [3.8, 4) is 34.0 Å². The summed E-state index contributed by atoms with van der Waals surface area (Å²) in [5.74, 6) is 0.460. The summed E-state index contributed by atoms with van der Waals surface area (Å²) in [6.07, 6.45) is -0.586. The lowest BCUT2D eigenvalue weighted by atomic mass is 10.0. The molecule has 178 valence electrons. The van der Waals surface area contributed by atoms with Crippen molar-refractivity contribution >= 4 is 11.8 Å². The molecule has 7 nitrogen and oxygen atoms in total. The summed E-state index contributed by atoms with van der Waals surface area (Å²) in [5, 5.41) is 11.7. The zero-order chi connectivity index (χ0) is 25.1. The van der Waals surface area contributed by atoms with Crippen molar-refractivity contribution in [3.63, 3.8) is 0 Å². The van der Waals surface area contributed by atoms with Gasteiger partial charge in [0.1, 0.15) is 11.4 Å². The first kappa shape index (κ1) is 23.0. The van der Waals surface area contributed by atoms with E-state index in [1.165, 1.54) is 5.56 Å². The molecule has 0 atom stereocenters. The molecule has 0 aliphatic heterocycles. The van der Waals surface area contributed by atoms with Gasteiger partial charge in [-0.25, -0.2) is 14.5 Å². The molecule has 0 spiro atoms. The Morgan fingerprint density at radius 1 is 0.861 bits per heavy atom. The van der Waals surface area contributed by atoms with E-state index in [4.69, 9.17) is 9.72 Å². The third-order valence-corrected chi connectivity index (χ3v) is 5.88. The molecule has 0 bridgehead atoms. The van der Waals surface area contributed by atoms with E-state index < -0.39 is 6.09 Å². The van der Waals surface area contributed by atoms with Gasteiger partial charge in [-0.3, -0.25) is 5.32 Å². The summed E-state index contributed by atoms with van der Waals surface area (Å²) in [4.78, 5) is 17.5. The maximum atomic E-state index is 12.7. The van der Waals surface area contributed by atoms with Crippen LogP contribution in [0.5, 0.6) is 5.75 Å². The number of benzene rings is 3. The number of rotatable bonds is 5. The van der Waals surface area contributed by atoms with E-state index in [-0.39, 0.29) is 0 Å². The van der Waals surface area contributed by atoms with E-state index in [0.29, 0.717) is 28.5 Å². The Hall–Kier alpha value is -4.78. The number of amides is 1. The summed E-state index contributed by atoms with van der Waals surface area (Å²) >= 11 is 0. The topological polar surface area (TPSA) is 81.9 Å². The number of anilines is 1. The Balaban J connectivity index is 1.54. The highest BCUT2D eigenvalue weighted by Crippen LogP contribution is 2.34. The zero-order valence-electron chi connectivity index (χ0n) is 20.3. The molecule has 0 unspecified atom stereocenters. The third-order valence-electron chi connectivity index (χ3n) is 5.88. The van der Waals surface area contributed by atoms with Crippen molar-refractivity contribution < 1.29 is 9.53 Å². The highest BCUT2D eigenvalue weighted by molar-refractivity contribution is 5.94. The van der Waals surface area contributed by atoms with Crippen LogP contribution in [0.15, 0.2) is 91.0 Å². The second-order valence-corrected chi connectivity index (χ2v) is 8.48. The summed E-state index contributed by atoms with van der Waals surface area (Å²) in [6, 6.07) is 28.8. The average Bonchev–Trinajstić information content (AvgIpc) is 3.28. The SMILES string of the molecule is Cc1ccc(-n2nnc(-c3cc(-c4ccccc4)c(NC(=O)Oc4ccccc4)c(C)n3)c2C)cc1. The van der Waals surface area contributed by atoms with E-state index in [1.54, 1.807) is 16.8 Å². The van der Waals surface area contributed by atoms with Gasteiger partial charge in [0.2, 0.25) is 0 Å². The van der Waals surface area contributed by atoms with Gasteiger partial charge in [-0.2, -0.15) is 0 Å². The average molecular weight is 476 g/mol. The number of aromatic nitrogens is 4. The lowest BCUT2D eigenvalue weighted by Gasteiger charge is -2.15. The van der Waals surface area contributed by atoms with Crippen molar-refractivity contribution in [2.24, 2.45) is 0 Å². The van der Waals surface area contributed by atoms with Gasteiger partial charge in [-0.05, 0) is 56.7 Å². The fourth-order valence-electron chi connectivity index (χ4n) is 4.02. The van der Waals surface area contributed by atoms with Crippen LogP contribution in [0.1, 0.15) is 17.0 Å².